The summed E-state index contributed by atoms with van der Waals surface area (Å²) < 4.78 is 5.66. The van der Waals surface area contributed by atoms with Crippen LogP contribution in [0, 0.1) is 0 Å². The Morgan fingerprint density at radius 2 is 1.70 bits per heavy atom. The van der Waals surface area contributed by atoms with Crippen LogP contribution in [0.5, 0.6) is 0 Å². The lowest BCUT2D eigenvalue weighted by atomic mass is 10.1. The first-order valence-electron chi connectivity index (χ1n) is 8.00. The first kappa shape index (κ1) is 19.6. The Morgan fingerprint density at radius 1 is 1.15 bits per heavy atom. The van der Waals surface area contributed by atoms with Crippen molar-refractivity contribution in [2.45, 2.75) is 96.9 Å². The highest BCUT2D eigenvalue weighted by Crippen LogP contribution is 2.36. The van der Waals surface area contributed by atoms with E-state index in [9.17, 15) is 9.90 Å². The summed E-state index contributed by atoms with van der Waals surface area (Å²) in [6.45, 7) is 12.6. The highest BCUT2D eigenvalue weighted by atomic mass is 28.4. The molecule has 0 radical (unpaired) electrons. The van der Waals surface area contributed by atoms with Crippen LogP contribution in [0.3, 0.4) is 0 Å². The molecule has 1 unspecified atom stereocenters. The first-order chi connectivity index (χ1) is 9.10. The van der Waals surface area contributed by atoms with Gasteiger partial charge in [-0.15, -0.1) is 0 Å². The second kappa shape index (κ2) is 8.83. The van der Waals surface area contributed by atoms with E-state index >= 15 is 0 Å². The Hall–Kier alpha value is -0.353. The predicted octanol–water partition coefficient (Wildman–Crippen LogP) is 4.65. The molecule has 4 heteroatoms. The smallest absolute Gasteiger partial charge is 0.295 e. The summed E-state index contributed by atoms with van der Waals surface area (Å²) in [5.41, 5.74) is 0. The third kappa shape index (κ3) is 8.05. The standard InChI is InChI=1S/C16H34O3Si/c1-7-8-9-10-11-12-14(17)13-15(18)19-20(5,6)16(2,3)4/h14,17H,7-13H2,1-6H3. The Labute approximate surface area is 126 Å². The number of aliphatic hydroxyl groups excluding tert-OH is 1. The third-order valence-electron chi connectivity index (χ3n) is 4.22. The molecule has 1 atom stereocenters. The van der Waals surface area contributed by atoms with Gasteiger partial charge < -0.3 is 9.53 Å². The molecule has 3 nitrogen and oxygen atoms in total. The van der Waals surface area contributed by atoms with Gasteiger partial charge in [0.1, 0.15) is 0 Å². The third-order valence-corrected chi connectivity index (χ3v) is 8.57. The van der Waals surface area contributed by atoms with E-state index in [1.165, 1.54) is 19.3 Å². The molecule has 0 aliphatic carbocycles. The van der Waals surface area contributed by atoms with Gasteiger partial charge in [0, 0.05) is 0 Å². The van der Waals surface area contributed by atoms with Crippen molar-refractivity contribution in [2.24, 2.45) is 0 Å². The second-order valence-electron chi connectivity index (χ2n) is 7.30. The molecule has 0 aliphatic rings. The molecule has 0 aromatic heterocycles. The van der Waals surface area contributed by atoms with Crippen LogP contribution in [-0.2, 0) is 9.22 Å². The van der Waals surface area contributed by atoms with Gasteiger partial charge >= 0.3 is 0 Å². The van der Waals surface area contributed by atoms with E-state index in [0.717, 1.165) is 12.8 Å². The predicted molar refractivity (Wildman–Crippen MR) is 87.3 cm³/mol. The summed E-state index contributed by atoms with van der Waals surface area (Å²) in [5, 5.41) is 9.91. The fourth-order valence-corrected chi connectivity index (χ4v) is 2.72. The maximum atomic E-state index is 11.9. The van der Waals surface area contributed by atoms with Crippen molar-refractivity contribution < 1.29 is 14.3 Å². The average molecular weight is 303 g/mol. The van der Waals surface area contributed by atoms with Crippen LogP contribution in [0.25, 0.3) is 0 Å². The van der Waals surface area contributed by atoms with E-state index in [1.54, 1.807) is 0 Å². The van der Waals surface area contributed by atoms with Gasteiger partial charge in [-0.1, -0.05) is 59.8 Å². The minimum Gasteiger partial charge on any atom is -0.519 e. The highest BCUT2D eigenvalue weighted by Gasteiger charge is 2.40. The Morgan fingerprint density at radius 3 is 2.20 bits per heavy atom. The molecule has 0 saturated carbocycles. The van der Waals surface area contributed by atoms with Crippen molar-refractivity contribution in [3.05, 3.63) is 0 Å². The summed E-state index contributed by atoms with van der Waals surface area (Å²) in [7, 11) is -2.04. The van der Waals surface area contributed by atoms with Gasteiger partial charge in [0.05, 0.1) is 12.5 Å². The quantitative estimate of drug-likeness (QED) is 0.498. The van der Waals surface area contributed by atoms with Gasteiger partial charge in [-0.25, -0.2) is 0 Å². The largest absolute Gasteiger partial charge is 0.519 e. The monoisotopic (exact) mass is 302 g/mol. The Balaban J connectivity index is 3.97. The van der Waals surface area contributed by atoms with Crippen molar-refractivity contribution in [2.75, 3.05) is 0 Å². The molecule has 1 N–H and O–H groups in total. The average Bonchev–Trinajstić information content (AvgIpc) is 2.26. The van der Waals surface area contributed by atoms with E-state index in [4.69, 9.17) is 4.43 Å². The van der Waals surface area contributed by atoms with E-state index in [-0.39, 0.29) is 17.4 Å². The number of rotatable bonds is 9. The fraction of sp³-hybridized carbons (Fsp3) is 0.938. The van der Waals surface area contributed by atoms with Crippen LogP contribution in [-0.4, -0.2) is 25.5 Å². The van der Waals surface area contributed by atoms with Gasteiger partial charge in [0.25, 0.3) is 14.3 Å². The minimum atomic E-state index is -2.04. The van der Waals surface area contributed by atoms with E-state index in [0.29, 0.717) is 6.42 Å². The number of aliphatic hydroxyl groups is 1. The zero-order valence-electron chi connectivity index (χ0n) is 14.3. The van der Waals surface area contributed by atoms with Gasteiger partial charge in [0.2, 0.25) is 0 Å². The van der Waals surface area contributed by atoms with Crippen LogP contribution >= 0.6 is 0 Å². The van der Waals surface area contributed by atoms with E-state index < -0.39 is 14.4 Å². The second-order valence-corrected chi connectivity index (χ2v) is 12.0. The zero-order valence-corrected chi connectivity index (χ0v) is 15.3. The molecule has 0 aliphatic heterocycles. The number of carbonyl (C=O) groups is 1. The van der Waals surface area contributed by atoms with Gasteiger partial charge in [0.15, 0.2) is 0 Å². The van der Waals surface area contributed by atoms with Gasteiger partial charge in [-0.3, -0.25) is 4.79 Å². The van der Waals surface area contributed by atoms with Crippen molar-refractivity contribution >= 4 is 14.3 Å². The molecule has 0 rings (SSSR count). The zero-order chi connectivity index (χ0) is 15.8. The van der Waals surface area contributed by atoms with E-state index in [2.05, 4.69) is 40.8 Å². The van der Waals surface area contributed by atoms with Crippen LogP contribution in [0.4, 0.5) is 0 Å². The molecule has 0 saturated heterocycles. The number of carbonyl (C=O) groups excluding carboxylic acids is 1. The number of hydrogen-bond acceptors (Lipinski definition) is 3. The van der Waals surface area contributed by atoms with Gasteiger partial charge in [-0.2, -0.15) is 0 Å². The lowest BCUT2D eigenvalue weighted by Crippen LogP contribution is -2.43. The summed E-state index contributed by atoms with van der Waals surface area (Å²) in [4.78, 5) is 11.9. The van der Waals surface area contributed by atoms with Crippen LogP contribution in [0.15, 0.2) is 0 Å². The maximum Gasteiger partial charge on any atom is 0.295 e. The van der Waals surface area contributed by atoms with Crippen LogP contribution in [0.1, 0.15) is 72.6 Å². The molecule has 0 aromatic carbocycles. The summed E-state index contributed by atoms with van der Waals surface area (Å²) >= 11 is 0. The molecule has 0 aromatic rings. The molecular formula is C16H34O3Si. The van der Waals surface area contributed by atoms with Crippen molar-refractivity contribution in [1.82, 2.24) is 0 Å². The Kier molecular flexibility index (Phi) is 8.67. The summed E-state index contributed by atoms with van der Waals surface area (Å²) in [5.74, 6) is -0.238. The topological polar surface area (TPSA) is 46.5 Å². The molecule has 0 spiro atoms. The minimum absolute atomic E-state index is 0.0216. The Bertz CT molecular complexity index is 282. The van der Waals surface area contributed by atoms with Gasteiger partial charge in [-0.05, 0) is 24.6 Å². The first-order valence-corrected chi connectivity index (χ1v) is 10.9. The molecule has 0 amide bonds. The molecule has 20 heavy (non-hydrogen) atoms. The fourth-order valence-electron chi connectivity index (χ4n) is 1.76. The van der Waals surface area contributed by atoms with Crippen molar-refractivity contribution in [3.63, 3.8) is 0 Å². The van der Waals surface area contributed by atoms with Crippen molar-refractivity contribution in [3.8, 4) is 0 Å². The molecular weight excluding hydrogens is 268 g/mol. The molecule has 0 fully saturated rings. The number of hydrogen-bond donors (Lipinski definition) is 1. The number of unbranched alkanes of at least 4 members (excludes halogenated alkanes) is 4. The summed E-state index contributed by atoms with van der Waals surface area (Å²) in [6.07, 6.45) is 6.13. The lowest BCUT2D eigenvalue weighted by Gasteiger charge is -2.35. The van der Waals surface area contributed by atoms with Crippen LogP contribution < -0.4 is 0 Å². The van der Waals surface area contributed by atoms with Crippen molar-refractivity contribution in [1.29, 1.82) is 0 Å². The highest BCUT2D eigenvalue weighted by molar-refractivity contribution is 6.75. The lowest BCUT2D eigenvalue weighted by molar-refractivity contribution is -0.137. The van der Waals surface area contributed by atoms with Crippen LogP contribution in [0.2, 0.25) is 18.1 Å². The summed E-state index contributed by atoms with van der Waals surface area (Å²) in [6, 6.07) is 0. The van der Waals surface area contributed by atoms with E-state index in [1.807, 2.05) is 0 Å². The molecule has 120 valence electrons. The molecule has 0 heterocycles. The normalized spacial score (nSPS) is 14.2. The molecule has 0 bridgehead atoms. The SMILES string of the molecule is CCCCCCCC(O)CC(=O)O[Si](C)(C)C(C)(C)C. The maximum absolute atomic E-state index is 11.9.